The molecule has 0 saturated carbocycles. The zero-order valence-corrected chi connectivity index (χ0v) is 10.5. The third kappa shape index (κ3) is 2.36. The van der Waals surface area contributed by atoms with Crippen LogP contribution in [0.2, 0.25) is 0 Å². The monoisotopic (exact) mass is 276 g/mol. The molecule has 8 heteroatoms. The molecule has 1 atom stereocenters. The number of Topliss-reactive ketones (excluding diaryl/α,β-unsaturated/α-hetero) is 1. The van der Waals surface area contributed by atoms with Crippen LogP contribution in [0.15, 0.2) is 6.33 Å². The average Bonchev–Trinajstić information content (AvgIpc) is 2.96. The Kier molecular flexibility index (Phi) is 3.62. The van der Waals surface area contributed by atoms with Crippen LogP contribution >= 0.6 is 0 Å². The van der Waals surface area contributed by atoms with E-state index < -0.39 is 17.4 Å². The maximum Gasteiger partial charge on any atom is 0.402 e. The molecule has 1 aliphatic heterocycles. The summed E-state index contributed by atoms with van der Waals surface area (Å²) in [6.45, 7) is 2.11. The van der Waals surface area contributed by atoms with Crippen molar-refractivity contribution in [3.05, 3.63) is 12.2 Å². The second-order valence-electron chi connectivity index (χ2n) is 4.60. The first-order chi connectivity index (χ1) is 8.90. The lowest BCUT2D eigenvalue weighted by Gasteiger charge is -2.29. The number of halogens is 3. The average molecular weight is 276 g/mol. The lowest BCUT2D eigenvalue weighted by molar-refractivity contribution is -0.214. The molecular formula is C11H15F3N4O. The Labute approximate surface area is 108 Å². The molecule has 0 spiro atoms. The van der Waals surface area contributed by atoms with E-state index in [0.717, 1.165) is 0 Å². The predicted molar refractivity (Wildman–Crippen MR) is 60.4 cm³/mol. The highest BCUT2D eigenvalue weighted by atomic mass is 19.4. The van der Waals surface area contributed by atoms with Gasteiger partial charge in [0.2, 0.25) is 0 Å². The molecule has 0 aliphatic carbocycles. The SMILES string of the molecule is CCn1ncnc1CC(=O)C1(C(F)(F)F)CCNC1. The Morgan fingerprint density at radius 1 is 1.58 bits per heavy atom. The van der Waals surface area contributed by atoms with Crippen LogP contribution in [0.4, 0.5) is 13.2 Å². The Bertz CT molecular complexity index is 463. The maximum atomic E-state index is 13.2. The van der Waals surface area contributed by atoms with Crippen molar-refractivity contribution in [2.75, 3.05) is 13.1 Å². The number of hydrogen-bond donors (Lipinski definition) is 1. The van der Waals surface area contributed by atoms with E-state index in [4.69, 9.17) is 0 Å². The van der Waals surface area contributed by atoms with Gasteiger partial charge in [0.25, 0.3) is 0 Å². The summed E-state index contributed by atoms with van der Waals surface area (Å²) in [5, 5.41) is 6.48. The minimum atomic E-state index is -4.54. The first kappa shape index (κ1) is 14.0. The van der Waals surface area contributed by atoms with Gasteiger partial charge in [-0.2, -0.15) is 18.3 Å². The molecule has 5 nitrogen and oxygen atoms in total. The second-order valence-corrected chi connectivity index (χ2v) is 4.60. The number of carbonyl (C=O) groups is 1. The number of carbonyl (C=O) groups excluding carboxylic acids is 1. The molecule has 1 saturated heterocycles. The van der Waals surface area contributed by atoms with Crippen LogP contribution < -0.4 is 5.32 Å². The molecule has 0 amide bonds. The zero-order valence-electron chi connectivity index (χ0n) is 10.5. The largest absolute Gasteiger partial charge is 0.402 e. The molecular weight excluding hydrogens is 261 g/mol. The smallest absolute Gasteiger partial charge is 0.315 e. The molecule has 1 aliphatic rings. The number of nitrogens with zero attached hydrogens (tertiary/aromatic N) is 3. The van der Waals surface area contributed by atoms with Crippen LogP contribution in [0.3, 0.4) is 0 Å². The van der Waals surface area contributed by atoms with Crippen LogP contribution in [0.1, 0.15) is 19.2 Å². The summed E-state index contributed by atoms with van der Waals surface area (Å²) in [4.78, 5) is 16.0. The van der Waals surface area contributed by atoms with Gasteiger partial charge in [0.1, 0.15) is 17.6 Å². The quantitative estimate of drug-likeness (QED) is 0.889. The summed E-state index contributed by atoms with van der Waals surface area (Å²) in [6.07, 6.45) is -3.84. The molecule has 2 heterocycles. The topological polar surface area (TPSA) is 59.8 Å². The van der Waals surface area contributed by atoms with Gasteiger partial charge in [0.15, 0.2) is 5.78 Å². The molecule has 1 unspecified atom stereocenters. The first-order valence-electron chi connectivity index (χ1n) is 6.08. The first-order valence-corrected chi connectivity index (χ1v) is 6.08. The standard InChI is InChI=1S/C11H15F3N4O/c1-2-18-9(16-7-17-18)5-8(19)10(11(12,13)14)3-4-15-6-10/h7,15H,2-6H2,1H3. The summed E-state index contributed by atoms with van der Waals surface area (Å²) < 4.78 is 41.0. The van der Waals surface area contributed by atoms with Crippen molar-refractivity contribution in [3.63, 3.8) is 0 Å². The van der Waals surface area contributed by atoms with E-state index in [1.165, 1.54) is 11.0 Å². The fourth-order valence-corrected chi connectivity index (χ4v) is 2.33. The van der Waals surface area contributed by atoms with Gasteiger partial charge in [0.05, 0.1) is 6.42 Å². The normalized spacial score (nSPS) is 23.8. The maximum absolute atomic E-state index is 13.2. The summed E-state index contributed by atoms with van der Waals surface area (Å²) in [6, 6.07) is 0. The van der Waals surface area contributed by atoms with E-state index in [2.05, 4.69) is 15.4 Å². The third-order valence-corrected chi connectivity index (χ3v) is 3.55. The number of aromatic nitrogens is 3. The molecule has 106 valence electrons. The van der Waals surface area contributed by atoms with Gasteiger partial charge in [-0.3, -0.25) is 4.79 Å². The lowest BCUT2D eigenvalue weighted by atomic mass is 9.80. The van der Waals surface area contributed by atoms with E-state index in [-0.39, 0.29) is 31.8 Å². The van der Waals surface area contributed by atoms with E-state index >= 15 is 0 Å². The fourth-order valence-electron chi connectivity index (χ4n) is 2.33. The predicted octanol–water partition coefficient (Wildman–Crippen LogP) is 0.952. The minimum absolute atomic E-state index is 0.200. The highest BCUT2D eigenvalue weighted by Crippen LogP contribution is 2.44. The second kappa shape index (κ2) is 4.92. The highest BCUT2D eigenvalue weighted by molar-refractivity contribution is 5.87. The molecule has 0 aromatic carbocycles. The number of nitrogens with one attached hydrogen (secondary N) is 1. The zero-order chi connectivity index (χ0) is 14.1. The third-order valence-electron chi connectivity index (χ3n) is 3.55. The Balaban J connectivity index is 2.22. The van der Waals surface area contributed by atoms with Gasteiger partial charge in [0, 0.05) is 13.1 Å². The van der Waals surface area contributed by atoms with Crippen molar-refractivity contribution in [1.29, 1.82) is 0 Å². The van der Waals surface area contributed by atoms with Crippen molar-refractivity contribution in [2.24, 2.45) is 5.41 Å². The van der Waals surface area contributed by atoms with Crippen LogP contribution in [0.25, 0.3) is 0 Å². The molecule has 2 rings (SSSR count). The molecule has 1 N–H and O–H groups in total. The van der Waals surface area contributed by atoms with Gasteiger partial charge in [-0.05, 0) is 19.9 Å². The summed E-state index contributed by atoms with van der Waals surface area (Å²) in [7, 11) is 0. The summed E-state index contributed by atoms with van der Waals surface area (Å²) in [5.41, 5.74) is -2.28. The Morgan fingerprint density at radius 2 is 2.32 bits per heavy atom. The molecule has 0 radical (unpaired) electrons. The van der Waals surface area contributed by atoms with Crippen molar-refractivity contribution in [3.8, 4) is 0 Å². The van der Waals surface area contributed by atoms with E-state index in [0.29, 0.717) is 6.54 Å². The van der Waals surface area contributed by atoms with Crippen molar-refractivity contribution in [1.82, 2.24) is 20.1 Å². The van der Waals surface area contributed by atoms with Crippen LogP contribution in [-0.4, -0.2) is 39.8 Å². The Hall–Kier alpha value is -1.44. The number of aryl methyl sites for hydroxylation is 1. The number of alkyl halides is 3. The lowest BCUT2D eigenvalue weighted by Crippen LogP contribution is -2.47. The van der Waals surface area contributed by atoms with Gasteiger partial charge in [-0.15, -0.1) is 0 Å². The molecule has 19 heavy (non-hydrogen) atoms. The minimum Gasteiger partial charge on any atom is -0.315 e. The number of hydrogen-bond acceptors (Lipinski definition) is 4. The van der Waals surface area contributed by atoms with Crippen LogP contribution in [0, 0.1) is 5.41 Å². The molecule has 0 bridgehead atoms. The molecule has 1 aromatic heterocycles. The number of ketones is 1. The van der Waals surface area contributed by atoms with Gasteiger partial charge in [-0.25, -0.2) is 9.67 Å². The van der Waals surface area contributed by atoms with Crippen molar-refractivity contribution >= 4 is 5.78 Å². The highest BCUT2D eigenvalue weighted by Gasteiger charge is 2.60. The number of rotatable bonds is 4. The van der Waals surface area contributed by atoms with E-state index in [1.807, 2.05) is 0 Å². The molecule has 1 aromatic rings. The fraction of sp³-hybridized carbons (Fsp3) is 0.727. The van der Waals surface area contributed by atoms with Crippen LogP contribution in [-0.2, 0) is 17.8 Å². The van der Waals surface area contributed by atoms with Gasteiger partial charge >= 0.3 is 6.18 Å². The Morgan fingerprint density at radius 3 is 2.84 bits per heavy atom. The van der Waals surface area contributed by atoms with Gasteiger partial charge < -0.3 is 5.32 Å². The molecule has 1 fully saturated rings. The summed E-state index contributed by atoms with van der Waals surface area (Å²) >= 11 is 0. The van der Waals surface area contributed by atoms with E-state index in [9.17, 15) is 18.0 Å². The van der Waals surface area contributed by atoms with Gasteiger partial charge in [-0.1, -0.05) is 0 Å². The van der Waals surface area contributed by atoms with E-state index in [1.54, 1.807) is 6.92 Å². The van der Waals surface area contributed by atoms with Crippen LogP contribution in [0.5, 0.6) is 0 Å². The summed E-state index contributed by atoms with van der Waals surface area (Å²) in [5.74, 6) is -0.560. The van der Waals surface area contributed by atoms with Crippen molar-refractivity contribution in [2.45, 2.75) is 32.5 Å². The van der Waals surface area contributed by atoms with Crippen molar-refractivity contribution < 1.29 is 18.0 Å².